The molecular formula is C26H35ClN6S. The van der Waals surface area contributed by atoms with E-state index in [2.05, 4.69) is 31.8 Å². The Balaban J connectivity index is 1.25. The molecule has 2 aliphatic carbocycles. The number of imidazole rings is 1. The zero-order chi connectivity index (χ0) is 22.9. The smallest absolute Gasteiger partial charge is 0.216 e. The molecule has 0 unspecified atom stereocenters. The second-order valence-corrected chi connectivity index (χ2v) is 11.6. The molecule has 1 N–H and O–H groups in total. The van der Waals surface area contributed by atoms with Crippen LogP contribution in [0.5, 0.6) is 0 Å². The van der Waals surface area contributed by atoms with E-state index >= 15 is 0 Å². The molecule has 34 heavy (non-hydrogen) atoms. The molecule has 1 saturated heterocycles. The van der Waals surface area contributed by atoms with E-state index in [0.717, 1.165) is 64.4 Å². The molecule has 1 aliphatic heterocycles. The first kappa shape index (κ1) is 22.6. The van der Waals surface area contributed by atoms with Crippen molar-refractivity contribution in [2.24, 2.45) is 0 Å². The predicted molar refractivity (Wildman–Crippen MR) is 142 cm³/mol. The van der Waals surface area contributed by atoms with Crippen molar-refractivity contribution < 1.29 is 0 Å². The Morgan fingerprint density at radius 1 is 0.853 bits per heavy atom. The third-order valence-electron chi connectivity index (χ3n) is 7.93. The average Bonchev–Trinajstić information content (AvgIpc) is 3.45. The minimum Gasteiger partial charge on any atom is -0.365 e. The summed E-state index contributed by atoms with van der Waals surface area (Å²) in [6.07, 6.45) is 13.4. The Labute approximate surface area is 211 Å². The summed E-state index contributed by atoms with van der Waals surface area (Å²) in [7, 11) is 0. The summed E-state index contributed by atoms with van der Waals surface area (Å²) < 4.78 is 2.06. The van der Waals surface area contributed by atoms with Crippen LogP contribution >= 0.6 is 22.9 Å². The van der Waals surface area contributed by atoms with E-state index in [1.165, 1.54) is 64.2 Å². The molecule has 3 aromatic rings. The summed E-state index contributed by atoms with van der Waals surface area (Å²) in [6, 6.07) is 9.30. The fourth-order valence-electron chi connectivity index (χ4n) is 5.97. The summed E-state index contributed by atoms with van der Waals surface area (Å²) in [5.74, 6) is 1.03. The van der Waals surface area contributed by atoms with Gasteiger partial charge in [-0.15, -0.1) is 5.10 Å². The van der Waals surface area contributed by atoms with E-state index in [1.807, 2.05) is 12.1 Å². The Bertz CT molecular complexity index is 1090. The van der Waals surface area contributed by atoms with Gasteiger partial charge in [0.15, 0.2) is 5.82 Å². The van der Waals surface area contributed by atoms with E-state index in [-0.39, 0.29) is 0 Å². The number of rotatable bonds is 5. The highest BCUT2D eigenvalue weighted by Gasteiger charge is 2.28. The van der Waals surface area contributed by atoms with Crippen molar-refractivity contribution in [2.75, 3.05) is 36.4 Å². The van der Waals surface area contributed by atoms with Crippen LogP contribution in [-0.4, -0.2) is 57.8 Å². The Kier molecular flexibility index (Phi) is 6.68. The fourth-order valence-corrected chi connectivity index (χ4v) is 7.05. The van der Waals surface area contributed by atoms with Crippen molar-refractivity contribution in [1.29, 1.82) is 0 Å². The number of benzene rings is 1. The standard InChI is InChI=1S/C26H35ClN6S/c27-20-13-11-19(12-14-20)23-24(28-21-7-3-1-4-8-21)33-25(29-23)34-26(30-33)32-17-15-31(16-18-32)22-9-5-2-6-10-22/h11-14,21-22,28H,1-10,15-18H2. The van der Waals surface area contributed by atoms with Gasteiger partial charge < -0.3 is 10.2 Å². The van der Waals surface area contributed by atoms with Crippen molar-refractivity contribution in [3.8, 4) is 11.3 Å². The summed E-state index contributed by atoms with van der Waals surface area (Å²) in [6.45, 7) is 4.41. The van der Waals surface area contributed by atoms with E-state index in [4.69, 9.17) is 21.7 Å². The van der Waals surface area contributed by atoms with E-state index in [1.54, 1.807) is 11.3 Å². The number of hydrogen-bond donors (Lipinski definition) is 1. The molecule has 3 heterocycles. The van der Waals surface area contributed by atoms with Gasteiger partial charge in [-0.3, -0.25) is 4.90 Å². The predicted octanol–water partition coefficient (Wildman–Crippen LogP) is 6.31. The lowest BCUT2D eigenvalue weighted by molar-refractivity contribution is 0.148. The highest BCUT2D eigenvalue weighted by atomic mass is 35.5. The second kappa shape index (κ2) is 10.0. The largest absolute Gasteiger partial charge is 0.365 e. The molecule has 2 saturated carbocycles. The Morgan fingerprint density at radius 3 is 2.24 bits per heavy atom. The van der Waals surface area contributed by atoms with Gasteiger partial charge in [0.2, 0.25) is 10.1 Å². The number of nitrogens with zero attached hydrogens (tertiary/aromatic N) is 5. The van der Waals surface area contributed by atoms with Crippen LogP contribution in [0.4, 0.5) is 10.9 Å². The van der Waals surface area contributed by atoms with Crippen molar-refractivity contribution in [1.82, 2.24) is 19.5 Å². The number of fused-ring (bicyclic) bond motifs is 1. The second-order valence-electron chi connectivity index (χ2n) is 10.2. The van der Waals surface area contributed by atoms with E-state index in [9.17, 15) is 0 Å². The van der Waals surface area contributed by atoms with Gasteiger partial charge in [0.1, 0.15) is 5.69 Å². The lowest BCUT2D eigenvalue weighted by atomic mass is 9.94. The first-order chi connectivity index (χ1) is 16.7. The SMILES string of the molecule is Clc1ccc(-c2nc3sc(N4CCN(C5CCCCC5)CC4)nn3c2NC2CCCCC2)cc1. The zero-order valence-corrected chi connectivity index (χ0v) is 21.5. The zero-order valence-electron chi connectivity index (χ0n) is 19.9. The normalized spacial score (nSPS) is 21.4. The molecule has 182 valence electrons. The Morgan fingerprint density at radius 2 is 1.53 bits per heavy atom. The first-order valence-corrected chi connectivity index (χ1v) is 14.3. The third-order valence-corrected chi connectivity index (χ3v) is 9.15. The van der Waals surface area contributed by atoms with Crippen LogP contribution in [0.25, 0.3) is 16.2 Å². The minimum absolute atomic E-state index is 0.490. The lowest BCUT2D eigenvalue weighted by Gasteiger charge is -2.40. The van der Waals surface area contributed by atoms with Crippen molar-refractivity contribution >= 4 is 38.8 Å². The summed E-state index contributed by atoms with van der Waals surface area (Å²) in [5, 5.41) is 10.8. The van der Waals surface area contributed by atoms with Crippen LogP contribution in [0.3, 0.4) is 0 Å². The van der Waals surface area contributed by atoms with Crippen LogP contribution in [0.15, 0.2) is 24.3 Å². The molecule has 6 rings (SSSR count). The maximum atomic E-state index is 6.16. The average molecular weight is 499 g/mol. The number of piperazine rings is 1. The molecule has 2 aromatic heterocycles. The topological polar surface area (TPSA) is 48.7 Å². The summed E-state index contributed by atoms with van der Waals surface area (Å²) in [5.41, 5.74) is 2.07. The highest BCUT2D eigenvalue weighted by Crippen LogP contribution is 2.36. The number of nitrogens with one attached hydrogen (secondary N) is 1. The van der Waals surface area contributed by atoms with Crippen LogP contribution in [0.2, 0.25) is 5.02 Å². The summed E-state index contributed by atoms with van der Waals surface area (Å²) >= 11 is 7.88. The van der Waals surface area contributed by atoms with Crippen molar-refractivity contribution in [2.45, 2.75) is 76.3 Å². The molecule has 0 amide bonds. The molecule has 1 aromatic carbocycles. The van der Waals surface area contributed by atoms with Crippen LogP contribution in [0, 0.1) is 0 Å². The van der Waals surface area contributed by atoms with Gasteiger partial charge in [0.25, 0.3) is 0 Å². The van der Waals surface area contributed by atoms with Crippen molar-refractivity contribution in [3.63, 3.8) is 0 Å². The number of anilines is 2. The van der Waals surface area contributed by atoms with Gasteiger partial charge in [-0.2, -0.15) is 4.52 Å². The molecule has 3 fully saturated rings. The lowest BCUT2D eigenvalue weighted by Crippen LogP contribution is -2.50. The van der Waals surface area contributed by atoms with Crippen LogP contribution in [-0.2, 0) is 0 Å². The maximum absolute atomic E-state index is 6.16. The van der Waals surface area contributed by atoms with E-state index in [0.29, 0.717) is 6.04 Å². The molecule has 0 spiro atoms. The molecule has 3 aliphatic rings. The first-order valence-electron chi connectivity index (χ1n) is 13.2. The molecule has 0 radical (unpaired) electrons. The molecule has 6 nitrogen and oxygen atoms in total. The van der Waals surface area contributed by atoms with Gasteiger partial charge in [-0.1, -0.05) is 73.6 Å². The van der Waals surface area contributed by atoms with Crippen molar-refractivity contribution in [3.05, 3.63) is 29.3 Å². The molecular weight excluding hydrogens is 464 g/mol. The number of halogens is 1. The van der Waals surface area contributed by atoms with Gasteiger partial charge in [-0.05, 0) is 37.8 Å². The third kappa shape index (κ3) is 4.67. The number of aromatic nitrogens is 3. The fraction of sp³-hybridized carbons (Fsp3) is 0.615. The highest BCUT2D eigenvalue weighted by molar-refractivity contribution is 7.20. The van der Waals surface area contributed by atoms with Gasteiger partial charge in [0, 0.05) is 48.8 Å². The van der Waals surface area contributed by atoms with Gasteiger partial charge >= 0.3 is 0 Å². The summed E-state index contributed by atoms with van der Waals surface area (Å²) in [4.78, 5) is 11.2. The quantitative estimate of drug-likeness (QED) is 0.446. The van der Waals surface area contributed by atoms with Gasteiger partial charge in [0.05, 0.1) is 0 Å². The monoisotopic (exact) mass is 498 g/mol. The number of hydrogen-bond acceptors (Lipinski definition) is 6. The molecule has 8 heteroatoms. The van der Waals surface area contributed by atoms with E-state index < -0.39 is 0 Å². The molecule has 0 atom stereocenters. The van der Waals surface area contributed by atoms with Crippen LogP contribution < -0.4 is 10.2 Å². The minimum atomic E-state index is 0.490. The maximum Gasteiger partial charge on any atom is 0.216 e. The Hall–Kier alpha value is -1.83. The van der Waals surface area contributed by atoms with Crippen LogP contribution in [0.1, 0.15) is 64.2 Å². The molecule has 0 bridgehead atoms. The van der Waals surface area contributed by atoms with Gasteiger partial charge in [-0.25, -0.2) is 4.98 Å².